The first-order valence-corrected chi connectivity index (χ1v) is 13.4. The van der Waals surface area contributed by atoms with E-state index in [1.807, 2.05) is 0 Å². The topological polar surface area (TPSA) is 103 Å². The van der Waals surface area contributed by atoms with Crippen molar-refractivity contribution in [2.75, 3.05) is 62.3 Å². The molecule has 0 radical (unpaired) electrons. The van der Waals surface area contributed by atoms with Crippen LogP contribution in [0.5, 0.6) is 0 Å². The normalized spacial score (nSPS) is 14.8. The zero-order chi connectivity index (χ0) is 29.0. The predicted octanol–water partition coefficient (Wildman–Crippen LogP) is 4.70. The second-order valence-corrected chi connectivity index (χ2v) is 9.78. The van der Waals surface area contributed by atoms with Crippen molar-refractivity contribution in [1.29, 1.82) is 0 Å². The number of piperazine rings is 1. The molecule has 216 valence electrons. The van der Waals surface area contributed by atoms with Crippen LogP contribution in [-0.4, -0.2) is 81.7 Å². The summed E-state index contributed by atoms with van der Waals surface area (Å²) in [6, 6.07) is 10.2. The fraction of sp³-hybridized carbons (Fsp3) is 0.357. The van der Waals surface area contributed by atoms with Gasteiger partial charge in [0.05, 0.1) is 5.56 Å². The van der Waals surface area contributed by atoms with Crippen LogP contribution in [0, 0.1) is 0 Å². The van der Waals surface area contributed by atoms with Crippen LogP contribution in [0.25, 0.3) is 16.9 Å². The number of carbonyl (C=O) groups is 1. The fourth-order valence-corrected chi connectivity index (χ4v) is 4.95. The molecule has 1 fully saturated rings. The highest BCUT2D eigenvalue weighted by molar-refractivity contribution is 5.99. The van der Waals surface area contributed by atoms with E-state index in [0.29, 0.717) is 29.2 Å². The molecule has 0 atom stereocenters. The number of benzene rings is 2. The zero-order valence-corrected chi connectivity index (χ0v) is 22.9. The lowest BCUT2D eigenvalue weighted by atomic mass is 10.0. The van der Waals surface area contributed by atoms with Gasteiger partial charge in [0.2, 0.25) is 0 Å². The van der Waals surface area contributed by atoms with Crippen molar-refractivity contribution in [2.24, 2.45) is 0 Å². The summed E-state index contributed by atoms with van der Waals surface area (Å²) in [7, 11) is 1.75. The fourth-order valence-electron chi connectivity index (χ4n) is 4.95. The standard InChI is InChI=1S/C28H32F3N9O/c1-3-38-12-14-39(15-13-38)11-10-19-4-5-21(16-23(19)28(29,30)31)37-27(41)36-20-6-8-22(9-7-20)40-18-35-24-25(32-2)33-17-34-26(24)40/h4-9,16-18H,3,10-15H2,1-2H3,(H,32,33,34)(H2,36,37,41). The number of nitrogens with one attached hydrogen (secondary N) is 3. The van der Waals surface area contributed by atoms with E-state index in [9.17, 15) is 18.0 Å². The number of urea groups is 1. The van der Waals surface area contributed by atoms with Crippen molar-refractivity contribution < 1.29 is 18.0 Å². The Morgan fingerprint density at radius 1 is 0.927 bits per heavy atom. The number of imidazole rings is 1. The molecule has 1 saturated heterocycles. The van der Waals surface area contributed by atoms with E-state index in [4.69, 9.17) is 0 Å². The summed E-state index contributed by atoms with van der Waals surface area (Å²) < 4.78 is 43.5. The summed E-state index contributed by atoms with van der Waals surface area (Å²) in [5.41, 5.74) is 2.02. The molecule has 2 amide bonds. The lowest BCUT2D eigenvalue weighted by Crippen LogP contribution is -2.46. The van der Waals surface area contributed by atoms with Gasteiger partial charge in [-0.1, -0.05) is 13.0 Å². The number of hydrogen-bond donors (Lipinski definition) is 3. The average molecular weight is 568 g/mol. The molecule has 1 aliphatic heterocycles. The van der Waals surface area contributed by atoms with Crippen molar-refractivity contribution in [3.8, 4) is 5.69 Å². The SMILES string of the molecule is CCN1CCN(CCc2ccc(NC(=O)Nc3ccc(-n4cnc5c(NC)ncnc54)cc3)cc2C(F)(F)F)CC1. The molecular formula is C28H32F3N9O. The van der Waals surface area contributed by atoms with Gasteiger partial charge in [-0.25, -0.2) is 19.7 Å². The number of nitrogens with zero attached hydrogens (tertiary/aromatic N) is 6. The maximum Gasteiger partial charge on any atom is 0.416 e. The van der Waals surface area contributed by atoms with Gasteiger partial charge in [0.1, 0.15) is 12.7 Å². The molecule has 0 spiro atoms. The minimum absolute atomic E-state index is 0.0664. The Morgan fingerprint density at radius 2 is 1.61 bits per heavy atom. The Bertz CT molecular complexity index is 1500. The number of carbonyl (C=O) groups excluding carboxylic acids is 1. The minimum atomic E-state index is -4.53. The highest BCUT2D eigenvalue weighted by Crippen LogP contribution is 2.34. The molecule has 41 heavy (non-hydrogen) atoms. The second kappa shape index (κ2) is 12.1. The van der Waals surface area contributed by atoms with Crippen LogP contribution in [-0.2, 0) is 12.6 Å². The van der Waals surface area contributed by atoms with Gasteiger partial charge in [0.15, 0.2) is 17.0 Å². The molecular weight excluding hydrogens is 535 g/mol. The van der Waals surface area contributed by atoms with Gasteiger partial charge in [-0.15, -0.1) is 0 Å². The number of fused-ring (bicyclic) bond motifs is 1. The van der Waals surface area contributed by atoms with Crippen LogP contribution in [0.4, 0.5) is 35.2 Å². The first kappa shape index (κ1) is 28.3. The molecule has 5 rings (SSSR count). The maximum absolute atomic E-state index is 13.9. The van der Waals surface area contributed by atoms with Gasteiger partial charge < -0.3 is 25.8 Å². The quantitative estimate of drug-likeness (QED) is 0.284. The molecule has 3 heterocycles. The summed E-state index contributed by atoms with van der Waals surface area (Å²) in [5, 5.41) is 8.16. The molecule has 0 saturated carbocycles. The molecule has 2 aromatic heterocycles. The summed E-state index contributed by atoms with van der Waals surface area (Å²) in [5.74, 6) is 0.607. The summed E-state index contributed by atoms with van der Waals surface area (Å²) in [4.78, 5) is 30.0. The summed E-state index contributed by atoms with van der Waals surface area (Å²) in [6.45, 7) is 7.20. The van der Waals surface area contributed by atoms with Crippen LogP contribution in [0.15, 0.2) is 55.1 Å². The predicted molar refractivity (Wildman–Crippen MR) is 153 cm³/mol. The van der Waals surface area contributed by atoms with Crippen molar-refractivity contribution in [3.63, 3.8) is 0 Å². The molecule has 2 aromatic carbocycles. The summed E-state index contributed by atoms with van der Waals surface area (Å²) in [6.07, 6.45) is -1.17. The van der Waals surface area contributed by atoms with E-state index in [2.05, 4.69) is 47.6 Å². The smallest absolute Gasteiger partial charge is 0.371 e. The van der Waals surface area contributed by atoms with Crippen LogP contribution < -0.4 is 16.0 Å². The van der Waals surface area contributed by atoms with Crippen LogP contribution in [0.1, 0.15) is 18.1 Å². The Morgan fingerprint density at radius 3 is 2.29 bits per heavy atom. The van der Waals surface area contributed by atoms with E-state index in [0.717, 1.165) is 44.5 Å². The molecule has 0 unspecified atom stereocenters. The zero-order valence-electron chi connectivity index (χ0n) is 22.9. The molecule has 3 N–H and O–H groups in total. The largest absolute Gasteiger partial charge is 0.416 e. The summed E-state index contributed by atoms with van der Waals surface area (Å²) >= 11 is 0. The Balaban J connectivity index is 1.22. The van der Waals surface area contributed by atoms with Gasteiger partial charge >= 0.3 is 12.2 Å². The molecule has 1 aliphatic rings. The van der Waals surface area contributed by atoms with Gasteiger partial charge in [-0.05, 0) is 54.9 Å². The van der Waals surface area contributed by atoms with E-state index < -0.39 is 17.8 Å². The van der Waals surface area contributed by atoms with Crippen molar-refractivity contribution in [3.05, 3.63) is 66.2 Å². The number of anilines is 3. The Labute approximate surface area is 235 Å². The van der Waals surface area contributed by atoms with Crippen LogP contribution >= 0.6 is 0 Å². The molecule has 4 aromatic rings. The molecule has 10 nitrogen and oxygen atoms in total. The van der Waals surface area contributed by atoms with E-state index in [-0.39, 0.29) is 17.7 Å². The van der Waals surface area contributed by atoms with Crippen molar-refractivity contribution in [1.82, 2.24) is 29.3 Å². The number of aromatic nitrogens is 4. The molecule has 0 bridgehead atoms. The first-order valence-electron chi connectivity index (χ1n) is 13.4. The maximum atomic E-state index is 13.9. The van der Waals surface area contributed by atoms with Crippen molar-refractivity contribution in [2.45, 2.75) is 19.5 Å². The Hall–Kier alpha value is -4.23. The number of halogens is 3. The van der Waals surface area contributed by atoms with E-state index >= 15 is 0 Å². The highest BCUT2D eigenvalue weighted by Gasteiger charge is 2.33. The van der Waals surface area contributed by atoms with Gasteiger partial charge in [0.25, 0.3) is 0 Å². The molecule has 0 aliphatic carbocycles. The lowest BCUT2D eigenvalue weighted by molar-refractivity contribution is -0.138. The number of alkyl halides is 3. The Kier molecular flexibility index (Phi) is 8.36. The third kappa shape index (κ3) is 6.57. The minimum Gasteiger partial charge on any atom is -0.371 e. The molecule has 13 heteroatoms. The number of rotatable bonds is 8. The number of hydrogen-bond acceptors (Lipinski definition) is 7. The van der Waals surface area contributed by atoms with E-state index in [1.54, 1.807) is 42.2 Å². The van der Waals surface area contributed by atoms with Gasteiger partial charge in [0, 0.05) is 56.8 Å². The van der Waals surface area contributed by atoms with Crippen molar-refractivity contribution >= 4 is 34.4 Å². The second-order valence-electron chi connectivity index (χ2n) is 9.78. The van der Waals surface area contributed by atoms with Gasteiger partial charge in [-0.3, -0.25) is 4.57 Å². The third-order valence-corrected chi connectivity index (χ3v) is 7.26. The third-order valence-electron chi connectivity index (χ3n) is 7.26. The highest BCUT2D eigenvalue weighted by atomic mass is 19.4. The number of amides is 2. The monoisotopic (exact) mass is 567 g/mol. The number of likely N-dealkylation sites (N-methyl/N-ethyl adjacent to an activating group) is 1. The first-order chi connectivity index (χ1) is 19.7. The average Bonchev–Trinajstić information content (AvgIpc) is 3.41. The van der Waals surface area contributed by atoms with Crippen LogP contribution in [0.2, 0.25) is 0 Å². The van der Waals surface area contributed by atoms with Crippen LogP contribution in [0.3, 0.4) is 0 Å². The van der Waals surface area contributed by atoms with Gasteiger partial charge in [-0.2, -0.15) is 13.2 Å². The lowest BCUT2D eigenvalue weighted by Gasteiger charge is -2.34. The van der Waals surface area contributed by atoms with E-state index in [1.165, 1.54) is 18.5 Å².